The Balaban J connectivity index is 3.62. The summed E-state index contributed by atoms with van der Waals surface area (Å²) in [5.41, 5.74) is 0.826. The summed E-state index contributed by atoms with van der Waals surface area (Å²) in [6, 6.07) is 0. The fraction of sp³-hybridized carbons (Fsp3) is 0.583. The third-order valence-electron chi connectivity index (χ3n) is 2.01. The van der Waals surface area contributed by atoms with E-state index in [1.165, 1.54) is 19.3 Å². The number of carbonyl (C=O) groups excluding carboxylic acids is 1. The first-order chi connectivity index (χ1) is 6.18. The Morgan fingerprint density at radius 2 is 1.92 bits per heavy atom. The van der Waals surface area contributed by atoms with Crippen molar-refractivity contribution in [3.05, 3.63) is 23.8 Å². The Hall–Kier alpha value is -0.850. The highest BCUT2D eigenvalue weighted by Gasteiger charge is 1.91. The molecule has 13 heavy (non-hydrogen) atoms. The largest absolute Gasteiger partial charge is 0.295 e. The van der Waals surface area contributed by atoms with Crippen LogP contribution in [0.2, 0.25) is 0 Å². The first-order valence-corrected chi connectivity index (χ1v) is 5.02. The van der Waals surface area contributed by atoms with Gasteiger partial charge in [-0.05, 0) is 32.3 Å². The third-order valence-corrected chi connectivity index (χ3v) is 2.01. The molecule has 1 nitrogen and oxygen atoms in total. The van der Waals surface area contributed by atoms with Crippen LogP contribution < -0.4 is 0 Å². The van der Waals surface area contributed by atoms with Gasteiger partial charge in [-0.15, -0.1) is 0 Å². The van der Waals surface area contributed by atoms with Crippen LogP contribution >= 0.6 is 0 Å². The van der Waals surface area contributed by atoms with Gasteiger partial charge >= 0.3 is 0 Å². The lowest BCUT2D eigenvalue weighted by Gasteiger charge is -1.91. The smallest absolute Gasteiger partial charge is 0.155 e. The lowest BCUT2D eigenvalue weighted by molar-refractivity contribution is -0.113. The number of ketones is 1. The minimum absolute atomic E-state index is 0.151. The number of rotatable bonds is 6. The van der Waals surface area contributed by atoms with Crippen LogP contribution in [0.5, 0.6) is 0 Å². The van der Waals surface area contributed by atoms with Gasteiger partial charge < -0.3 is 0 Å². The van der Waals surface area contributed by atoms with Crippen molar-refractivity contribution < 1.29 is 4.79 Å². The number of carbonyl (C=O) groups is 1. The zero-order valence-electron chi connectivity index (χ0n) is 8.97. The van der Waals surface area contributed by atoms with E-state index in [1.54, 1.807) is 6.92 Å². The van der Waals surface area contributed by atoms with E-state index < -0.39 is 0 Å². The van der Waals surface area contributed by atoms with E-state index in [2.05, 4.69) is 13.0 Å². The van der Waals surface area contributed by atoms with Crippen molar-refractivity contribution in [2.24, 2.45) is 0 Å². The topological polar surface area (TPSA) is 17.1 Å². The quantitative estimate of drug-likeness (QED) is 0.346. The van der Waals surface area contributed by atoms with Crippen molar-refractivity contribution >= 4 is 5.78 Å². The van der Waals surface area contributed by atoms with E-state index in [1.807, 2.05) is 19.1 Å². The summed E-state index contributed by atoms with van der Waals surface area (Å²) in [6.07, 6.45) is 10.9. The lowest BCUT2D eigenvalue weighted by atomic mass is 10.1. The van der Waals surface area contributed by atoms with Crippen LogP contribution in [0.3, 0.4) is 0 Å². The molecule has 0 atom stereocenters. The van der Waals surface area contributed by atoms with Crippen molar-refractivity contribution in [2.45, 2.75) is 46.5 Å². The van der Waals surface area contributed by atoms with E-state index in [0.717, 1.165) is 12.0 Å². The Kier molecular flexibility index (Phi) is 7.27. The molecular weight excluding hydrogens is 160 g/mol. The molecule has 74 valence electrons. The first-order valence-electron chi connectivity index (χ1n) is 5.02. The Labute approximate surface area is 81.5 Å². The van der Waals surface area contributed by atoms with Crippen LogP contribution in [-0.4, -0.2) is 5.78 Å². The van der Waals surface area contributed by atoms with Crippen molar-refractivity contribution in [3.8, 4) is 0 Å². The number of hydrogen-bond acceptors (Lipinski definition) is 1. The molecule has 0 N–H and O–H groups in total. The van der Waals surface area contributed by atoms with E-state index in [-0.39, 0.29) is 5.78 Å². The van der Waals surface area contributed by atoms with E-state index in [9.17, 15) is 4.79 Å². The predicted octanol–water partition coefficient (Wildman–Crippen LogP) is 3.66. The SMILES string of the molecule is CCCCC/C=C/C=C(\C)C(C)=O. The van der Waals surface area contributed by atoms with Crippen LogP contribution in [0.15, 0.2) is 23.8 Å². The van der Waals surface area contributed by atoms with E-state index >= 15 is 0 Å². The molecule has 1 heteroatoms. The van der Waals surface area contributed by atoms with Gasteiger partial charge in [0.25, 0.3) is 0 Å². The highest BCUT2D eigenvalue weighted by Crippen LogP contribution is 2.00. The molecular formula is C12H20O. The van der Waals surface area contributed by atoms with Gasteiger partial charge in [-0.25, -0.2) is 0 Å². The van der Waals surface area contributed by atoms with Crippen LogP contribution in [0.1, 0.15) is 46.5 Å². The highest BCUT2D eigenvalue weighted by molar-refractivity contribution is 5.92. The molecule has 0 unspecified atom stereocenters. The standard InChI is InChI=1S/C12H20O/c1-4-5-6-7-8-9-10-11(2)12(3)13/h8-10H,4-7H2,1-3H3/b9-8+,11-10+. The Morgan fingerprint density at radius 1 is 1.23 bits per heavy atom. The zero-order valence-corrected chi connectivity index (χ0v) is 8.97. The molecule has 0 aliphatic rings. The maximum Gasteiger partial charge on any atom is 0.155 e. The molecule has 0 aromatic heterocycles. The molecule has 0 bridgehead atoms. The summed E-state index contributed by atoms with van der Waals surface area (Å²) in [4.78, 5) is 10.8. The molecule has 0 saturated carbocycles. The monoisotopic (exact) mass is 180 g/mol. The molecule has 0 amide bonds. The normalized spacial score (nSPS) is 12.4. The van der Waals surface area contributed by atoms with Crippen molar-refractivity contribution in [1.82, 2.24) is 0 Å². The molecule has 0 radical (unpaired) electrons. The minimum Gasteiger partial charge on any atom is -0.295 e. The van der Waals surface area contributed by atoms with Gasteiger partial charge in [0.1, 0.15) is 0 Å². The highest BCUT2D eigenvalue weighted by atomic mass is 16.1. The van der Waals surface area contributed by atoms with Crippen LogP contribution in [-0.2, 0) is 4.79 Å². The fourth-order valence-corrected chi connectivity index (χ4v) is 0.938. The molecule has 0 heterocycles. The van der Waals surface area contributed by atoms with Gasteiger partial charge in [0.15, 0.2) is 5.78 Å². The van der Waals surface area contributed by atoms with Crippen LogP contribution in [0, 0.1) is 0 Å². The van der Waals surface area contributed by atoms with Crippen molar-refractivity contribution in [3.63, 3.8) is 0 Å². The van der Waals surface area contributed by atoms with Crippen molar-refractivity contribution in [2.75, 3.05) is 0 Å². The second-order valence-corrected chi connectivity index (χ2v) is 3.33. The summed E-state index contributed by atoms with van der Waals surface area (Å²) in [5.74, 6) is 0.151. The second kappa shape index (κ2) is 7.78. The van der Waals surface area contributed by atoms with Crippen molar-refractivity contribution in [1.29, 1.82) is 0 Å². The number of Topliss-reactive ketones (excluding diaryl/α,β-unsaturated/α-hetero) is 1. The Morgan fingerprint density at radius 3 is 2.46 bits per heavy atom. The molecule has 0 fully saturated rings. The zero-order chi connectivity index (χ0) is 10.1. The Bertz CT molecular complexity index is 199. The number of allylic oxidation sites excluding steroid dienone is 4. The number of hydrogen-bond donors (Lipinski definition) is 0. The lowest BCUT2D eigenvalue weighted by Crippen LogP contribution is -1.89. The maximum absolute atomic E-state index is 10.8. The van der Waals surface area contributed by atoms with E-state index in [0.29, 0.717) is 0 Å². The number of unbranched alkanes of at least 4 members (excludes halogenated alkanes) is 3. The van der Waals surface area contributed by atoms with Gasteiger partial charge in [0.05, 0.1) is 0 Å². The summed E-state index contributed by atoms with van der Waals surface area (Å²) >= 11 is 0. The molecule has 0 rings (SSSR count). The summed E-state index contributed by atoms with van der Waals surface area (Å²) in [5, 5.41) is 0. The molecule has 0 spiro atoms. The summed E-state index contributed by atoms with van der Waals surface area (Å²) < 4.78 is 0. The fourth-order valence-electron chi connectivity index (χ4n) is 0.938. The van der Waals surface area contributed by atoms with Gasteiger partial charge in [-0.3, -0.25) is 4.79 Å². The van der Waals surface area contributed by atoms with Crippen LogP contribution in [0.4, 0.5) is 0 Å². The minimum atomic E-state index is 0.151. The average molecular weight is 180 g/mol. The van der Waals surface area contributed by atoms with Gasteiger partial charge in [0, 0.05) is 0 Å². The summed E-state index contributed by atoms with van der Waals surface area (Å²) in [6.45, 7) is 5.64. The second-order valence-electron chi connectivity index (χ2n) is 3.33. The van der Waals surface area contributed by atoms with E-state index in [4.69, 9.17) is 0 Å². The molecule has 0 saturated heterocycles. The predicted molar refractivity (Wildman–Crippen MR) is 57.7 cm³/mol. The third kappa shape index (κ3) is 7.51. The molecule has 0 aromatic rings. The van der Waals surface area contributed by atoms with Gasteiger partial charge in [-0.1, -0.05) is 38.0 Å². The molecule has 0 aromatic carbocycles. The first kappa shape index (κ1) is 12.2. The van der Waals surface area contributed by atoms with Gasteiger partial charge in [-0.2, -0.15) is 0 Å². The average Bonchev–Trinajstić information content (AvgIpc) is 2.10. The maximum atomic E-state index is 10.8. The molecule has 0 aliphatic heterocycles. The molecule has 0 aliphatic carbocycles. The van der Waals surface area contributed by atoms with Crippen LogP contribution in [0.25, 0.3) is 0 Å². The summed E-state index contributed by atoms with van der Waals surface area (Å²) in [7, 11) is 0. The van der Waals surface area contributed by atoms with Gasteiger partial charge in [0.2, 0.25) is 0 Å².